The Hall–Kier alpha value is -2.03. The van der Waals surface area contributed by atoms with Crippen LogP contribution < -0.4 is 11.1 Å². The number of anilines is 2. The summed E-state index contributed by atoms with van der Waals surface area (Å²) in [6.45, 7) is 6.15. The Labute approximate surface area is 108 Å². The lowest BCUT2D eigenvalue weighted by Gasteiger charge is -2.16. The van der Waals surface area contributed by atoms with Gasteiger partial charge in [-0.25, -0.2) is 4.98 Å². The van der Waals surface area contributed by atoms with E-state index in [1.165, 1.54) is 11.1 Å². The molecule has 0 aliphatic carbocycles. The van der Waals surface area contributed by atoms with Gasteiger partial charge in [-0.3, -0.25) is 0 Å². The molecule has 0 saturated carbocycles. The van der Waals surface area contributed by atoms with Crippen molar-refractivity contribution in [2.24, 2.45) is 0 Å². The number of nitrogens with two attached hydrogens (primary N) is 1. The lowest BCUT2D eigenvalue weighted by molar-refractivity contribution is 0.873. The van der Waals surface area contributed by atoms with Crippen LogP contribution in [0.25, 0.3) is 0 Å². The maximum absolute atomic E-state index is 5.91. The van der Waals surface area contributed by atoms with E-state index in [0.717, 1.165) is 11.5 Å². The van der Waals surface area contributed by atoms with Gasteiger partial charge in [0.25, 0.3) is 0 Å². The van der Waals surface area contributed by atoms with Gasteiger partial charge in [-0.05, 0) is 38.5 Å². The molecule has 2 aromatic rings. The Morgan fingerprint density at radius 2 is 1.72 bits per heavy atom. The number of nitrogen functional groups attached to an aromatic ring is 1. The second-order valence-electron chi connectivity index (χ2n) is 4.67. The van der Waals surface area contributed by atoms with Crippen LogP contribution in [0, 0.1) is 13.8 Å². The highest BCUT2D eigenvalue weighted by Crippen LogP contribution is 2.22. The highest BCUT2D eigenvalue weighted by Gasteiger charge is 2.08. The SMILES string of the molecule is Cc1ccc(C(C)Nc2nc(C)ccc2N)cc1. The van der Waals surface area contributed by atoms with E-state index in [1.54, 1.807) is 0 Å². The first-order valence-corrected chi connectivity index (χ1v) is 6.12. The number of aryl methyl sites for hydroxylation is 2. The predicted octanol–water partition coefficient (Wildman–Crippen LogP) is 3.45. The van der Waals surface area contributed by atoms with Crippen LogP contribution in [0.3, 0.4) is 0 Å². The van der Waals surface area contributed by atoms with E-state index < -0.39 is 0 Å². The van der Waals surface area contributed by atoms with Crippen molar-refractivity contribution in [1.29, 1.82) is 0 Å². The smallest absolute Gasteiger partial charge is 0.149 e. The molecule has 3 N–H and O–H groups in total. The molecule has 3 heteroatoms. The van der Waals surface area contributed by atoms with Crippen molar-refractivity contribution in [2.75, 3.05) is 11.1 Å². The summed E-state index contributed by atoms with van der Waals surface area (Å²) in [6.07, 6.45) is 0. The average Bonchev–Trinajstić information content (AvgIpc) is 2.34. The molecule has 3 nitrogen and oxygen atoms in total. The number of nitrogens with zero attached hydrogens (tertiary/aromatic N) is 1. The zero-order valence-electron chi connectivity index (χ0n) is 11.1. The number of hydrogen-bond acceptors (Lipinski definition) is 3. The van der Waals surface area contributed by atoms with E-state index >= 15 is 0 Å². The topological polar surface area (TPSA) is 50.9 Å². The molecule has 1 aromatic heterocycles. The van der Waals surface area contributed by atoms with Gasteiger partial charge in [0.2, 0.25) is 0 Å². The quantitative estimate of drug-likeness (QED) is 0.865. The summed E-state index contributed by atoms with van der Waals surface area (Å²) < 4.78 is 0. The van der Waals surface area contributed by atoms with Crippen LogP contribution in [0.15, 0.2) is 36.4 Å². The van der Waals surface area contributed by atoms with Gasteiger partial charge in [-0.15, -0.1) is 0 Å². The Bertz CT molecular complexity index is 532. The third-order valence-corrected chi connectivity index (χ3v) is 3.00. The summed E-state index contributed by atoms with van der Waals surface area (Å²) in [4.78, 5) is 4.42. The molecule has 1 aromatic carbocycles. The number of rotatable bonds is 3. The van der Waals surface area contributed by atoms with Crippen molar-refractivity contribution in [2.45, 2.75) is 26.8 Å². The maximum Gasteiger partial charge on any atom is 0.149 e. The van der Waals surface area contributed by atoms with Crippen LogP contribution in [-0.4, -0.2) is 4.98 Å². The Morgan fingerprint density at radius 1 is 1.06 bits per heavy atom. The molecule has 0 saturated heterocycles. The minimum atomic E-state index is 0.183. The van der Waals surface area contributed by atoms with E-state index in [9.17, 15) is 0 Å². The molecule has 0 bridgehead atoms. The number of pyridine rings is 1. The highest BCUT2D eigenvalue weighted by atomic mass is 15.0. The number of nitrogens with one attached hydrogen (secondary N) is 1. The molecule has 0 amide bonds. The van der Waals surface area contributed by atoms with E-state index in [1.807, 2.05) is 19.1 Å². The first kappa shape index (κ1) is 12.4. The summed E-state index contributed by atoms with van der Waals surface area (Å²) >= 11 is 0. The summed E-state index contributed by atoms with van der Waals surface area (Å²) in [5.74, 6) is 0.753. The molecular formula is C15H19N3. The summed E-state index contributed by atoms with van der Waals surface area (Å²) in [6, 6.07) is 12.4. The fraction of sp³-hybridized carbons (Fsp3) is 0.267. The van der Waals surface area contributed by atoms with Gasteiger partial charge < -0.3 is 11.1 Å². The Kier molecular flexibility index (Phi) is 3.51. The summed E-state index contributed by atoms with van der Waals surface area (Å²) in [5, 5.41) is 3.35. The third-order valence-electron chi connectivity index (χ3n) is 3.00. The molecule has 1 heterocycles. The number of benzene rings is 1. The van der Waals surface area contributed by atoms with Gasteiger partial charge >= 0.3 is 0 Å². The van der Waals surface area contributed by atoms with Gasteiger partial charge in [-0.2, -0.15) is 0 Å². The van der Waals surface area contributed by atoms with Crippen LogP contribution >= 0.6 is 0 Å². The highest BCUT2D eigenvalue weighted by molar-refractivity contribution is 5.61. The lowest BCUT2D eigenvalue weighted by atomic mass is 10.1. The fourth-order valence-electron chi connectivity index (χ4n) is 1.83. The monoisotopic (exact) mass is 241 g/mol. The van der Waals surface area contributed by atoms with Crippen LogP contribution in [0.5, 0.6) is 0 Å². The first-order chi connectivity index (χ1) is 8.56. The fourth-order valence-corrected chi connectivity index (χ4v) is 1.83. The molecule has 18 heavy (non-hydrogen) atoms. The molecule has 1 unspecified atom stereocenters. The number of aromatic nitrogens is 1. The van der Waals surface area contributed by atoms with Crippen LogP contribution in [0.1, 0.15) is 29.8 Å². The average molecular weight is 241 g/mol. The van der Waals surface area contributed by atoms with Crippen molar-refractivity contribution in [3.63, 3.8) is 0 Å². The Balaban J connectivity index is 2.18. The second kappa shape index (κ2) is 5.08. The molecule has 0 fully saturated rings. The van der Waals surface area contributed by atoms with Crippen molar-refractivity contribution in [1.82, 2.24) is 4.98 Å². The van der Waals surface area contributed by atoms with Crippen LogP contribution in [0.2, 0.25) is 0 Å². The normalized spacial score (nSPS) is 12.2. The molecule has 0 aliphatic heterocycles. The second-order valence-corrected chi connectivity index (χ2v) is 4.67. The van der Waals surface area contributed by atoms with E-state index in [4.69, 9.17) is 5.73 Å². The Morgan fingerprint density at radius 3 is 2.39 bits per heavy atom. The van der Waals surface area contributed by atoms with Crippen molar-refractivity contribution in [3.05, 3.63) is 53.2 Å². The summed E-state index contributed by atoms with van der Waals surface area (Å²) in [5.41, 5.74) is 10.0. The minimum absolute atomic E-state index is 0.183. The molecule has 0 aliphatic rings. The van der Waals surface area contributed by atoms with Crippen molar-refractivity contribution < 1.29 is 0 Å². The van der Waals surface area contributed by atoms with Crippen molar-refractivity contribution >= 4 is 11.5 Å². The minimum Gasteiger partial charge on any atom is -0.396 e. The zero-order chi connectivity index (χ0) is 13.1. The lowest BCUT2D eigenvalue weighted by Crippen LogP contribution is -2.10. The molecule has 0 radical (unpaired) electrons. The van der Waals surface area contributed by atoms with Crippen LogP contribution in [-0.2, 0) is 0 Å². The van der Waals surface area contributed by atoms with E-state index in [-0.39, 0.29) is 6.04 Å². The molecular weight excluding hydrogens is 222 g/mol. The van der Waals surface area contributed by atoms with Gasteiger partial charge in [0.15, 0.2) is 0 Å². The van der Waals surface area contributed by atoms with E-state index in [0.29, 0.717) is 5.69 Å². The van der Waals surface area contributed by atoms with Gasteiger partial charge in [0.1, 0.15) is 5.82 Å². The first-order valence-electron chi connectivity index (χ1n) is 6.12. The third kappa shape index (κ3) is 2.80. The molecule has 0 spiro atoms. The van der Waals surface area contributed by atoms with E-state index in [2.05, 4.69) is 48.4 Å². The van der Waals surface area contributed by atoms with Crippen molar-refractivity contribution in [3.8, 4) is 0 Å². The molecule has 1 atom stereocenters. The van der Waals surface area contributed by atoms with Gasteiger partial charge in [0, 0.05) is 5.69 Å². The standard InChI is InChI=1S/C15H19N3/c1-10-4-7-13(8-5-10)12(3)18-15-14(16)9-6-11(2)17-15/h4-9,12H,16H2,1-3H3,(H,17,18). The number of hydrogen-bond donors (Lipinski definition) is 2. The molecule has 2 rings (SSSR count). The zero-order valence-corrected chi connectivity index (χ0v) is 11.1. The summed E-state index contributed by atoms with van der Waals surface area (Å²) in [7, 11) is 0. The molecule has 94 valence electrons. The van der Waals surface area contributed by atoms with Crippen LogP contribution in [0.4, 0.5) is 11.5 Å². The largest absolute Gasteiger partial charge is 0.396 e. The van der Waals surface area contributed by atoms with Gasteiger partial charge in [0.05, 0.1) is 11.7 Å². The van der Waals surface area contributed by atoms with Gasteiger partial charge in [-0.1, -0.05) is 29.8 Å². The predicted molar refractivity (Wildman–Crippen MR) is 76.6 cm³/mol. The maximum atomic E-state index is 5.91.